The lowest BCUT2D eigenvalue weighted by atomic mass is 10.0. The van der Waals surface area contributed by atoms with Gasteiger partial charge in [-0.3, -0.25) is 0 Å². The van der Waals surface area contributed by atoms with E-state index in [-0.39, 0.29) is 18.5 Å². The Balaban J connectivity index is 3.15. The van der Waals surface area contributed by atoms with Crippen molar-refractivity contribution in [3.8, 4) is 0 Å². The first-order valence-electron chi connectivity index (χ1n) is 5.51. The van der Waals surface area contributed by atoms with E-state index in [1.54, 1.807) is 13.0 Å². The van der Waals surface area contributed by atoms with E-state index in [1.807, 2.05) is 17.9 Å². The van der Waals surface area contributed by atoms with Crippen LogP contribution in [0.25, 0.3) is 0 Å². The summed E-state index contributed by atoms with van der Waals surface area (Å²) in [5.74, 6) is -0.288. The van der Waals surface area contributed by atoms with E-state index in [0.29, 0.717) is 18.7 Å². The zero-order valence-electron chi connectivity index (χ0n) is 9.78. The van der Waals surface area contributed by atoms with Crippen molar-refractivity contribution >= 4 is 5.69 Å². The highest BCUT2D eigenvalue weighted by Gasteiger charge is 2.16. The number of hydrogen-bond acceptors (Lipinski definition) is 3. The number of rotatable bonds is 5. The molecule has 0 aliphatic carbocycles. The molecule has 0 unspecified atom stereocenters. The van der Waals surface area contributed by atoms with Crippen molar-refractivity contribution in [3.05, 3.63) is 29.6 Å². The van der Waals surface area contributed by atoms with Gasteiger partial charge in [-0.15, -0.1) is 0 Å². The van der Waals surface area contributed by atoms with Crippen LogP contribution >= 0.6 is 0 Å². The van der Waals surface area contributed by atoms with Crippen LogP contribution in [0, 0.1) is 5.82 Å². The molecule has 4 heteroatoms. The van der Waals surface area contributed by atoms with Crippen LogP contribution in [0.1, 0.15) is 25.5 Å². The van der Waals surface area contributed by atoms with Crippen LogP contribution in [0.15, 0.2) is 18.2 Å². The zero-order chi connectivity index (χ0) is 12.1. The molecule has 0 aromatic heterocycles. The summed E-state index contributed by atoms with van der Waals surface area (Å²) in [4.78, 5) is 1.92. The Morgan fingerprint density at radius 2 is 2.19 bits per heavy atom. The summed E-state index contributed by atoms with van der Waals surface area (Å²) in [7, 11) is 0. The van der Waals surface area contributed by atoms with Crippen LogP contribution < -0.4 is 10.6 Å². The van der Waals surface area contributed by atoms with E-state index in [0.717, 1.165) is 5.69 Å². The quantitative estimate of drug-likeness (QED) is 0.803. The number of nitrogens with zero attached hydrogens (tertiary/aromatic N) is 1. The first kappa shape index (κ1) is 12.9. The van der Waals surface area contributed by atoms with Crippen molar-refractivity contribution in [1.29, 1.82) is 0 Å². The van der Waals surface area contributed by atoms with Crippen molar-refractivity contribution in [3.63, 3.8) is 0 Å². The maximum absolute atomic E-state index is 13.7. The lowest BCUT2D eigenvalue weighted by Gasteiger charge is -2.26. The molecule has 1 rings (SSSR count). The molecule has 1 atom stereocenters. The number of aliphatic hydroxyl groups excluding tert-OH is 1. The molecule has 0 spiro atoms. The van der Waals surface area contributed by atoms with E-state index in [4.69, 9.17) is 10.8 Å². The van der Waals surface area contributed by atoms with Gasteiger partial charge in [-0.05, 0) is 26.0 Å². The van der Waals surface area contributed by atoms with Crippen LogP contribution in [-0.2, 0) is 0 Å². The van der Waals surface area contributed by atoms with Crippen LogP contribution in [0.5, 0.6) is 0 Å². The number of nitrogens with two attached hydrogens (primary N) is 1. The maximum Gasteiger partial charge on any atom is 0.130 e. The van der Waals surface area contributed by atoms with Gasteiger partial charge in [0.25, 0.3) is 0 Å². The molecule has 0 aliphatic rings. The molecule has 90 valence electrons. The van der Waals surface area contributed by atoms with Crippen molar-refractivity contribution in [1.82, 2.24) is 0 Å². The minimum absolute atomic E-state index is 0.0444. The van der Waals surface area contributed by atoms with Crippen LogP contribution in [0.3, 0.4) is 0 Å². The molecule has 0 fully saturated rings. The molecule has 0 heterocycles. The molecule has 16 heavy (non-hydrogen) atoms. The van der Waals surface area contributed by atoms with Gasteiger partial charge in [0, 0.05) is 30.4 Å². The third kappa shape index (κ3) is 2.71. The van der Waals surface area contributed by atoms with Crippen molar-refractivity contribution in [2.75, 3.05) is 24.6 Å². The van der Waals surface area contributed by atoms with E-state index < -0.39 is 0 Å². The van der Waals surface area contributed by atoms with E-state index in [9.17, 15) is 4.39 Å². The highest BCUT2D eigenvalue weighted by Crippen LogP contribution is 2.27. The van der Waals surface area contributed by atoms with Gasteiger partial charge in [0.1, 0.15) is 5.82 Å². The molecule has 3 nitrogen and oxygen atoms in total. The fourth-order valence-electron chi connectivity index (χ4n) is 1.82. The number of hydrogen-bond donors (Lipinski definition) is 2. The average Bonchev–Trinajstić information content (AvgIpc) is 2.25. The molecule has 0 amide bonds. The Bertz CT molecular complexity index is 342. The normalized spacial score (nSPS) is 12.6. The average molecular weight is 226 g/mol. The maximum atomic E-state index is 13.7. The topological polar surface area (TPSA) is 49.5 Å². The molecular formula is C12H19FN2O. The molecule has 0 saturated heterocycles. The fourth-order valence-corrected chi connectivity index (χ4v) is 1.82. The van der Waals surface area contributed by atoms with Crippen LogP contribution in [0.4, 0.5) is 10.1 Å². The van der Waals surface area contributed by atoms with E-state index in [2.05, 4.69) is 0 Å². The van der Waals surface area contributed by atoms with Gasteiger partial charge in [-0.25, -0.2) is 4.39 Å². The monoisotopic (exact) mass is 226 g/mol. The molecule has 0 bridgehead atoms. The molecule has 1 aromatic rings. The summed E-state index contributed by atoms with van der Waals surface area (Å²) in [5, 5.41) is 8.96. The minimum Gasteiger partial charge on any atom is -0.395 e. The van der Waals surface area contributed by atoms with Gasteiger partial charge in [0.05, 0.1) is 6.61 Å². The Labute approximate surface area is 95.7 Å². The van der Waals surface area contributed by atoms with Crippen molar-refractivity contribution < 1.29 is 9.50 Å². The molecule has 0 radical (unpaired) electrons. The molecule has 1 aromatic carbocycles. The number of anilines is 1. The SMILES string of the molecule is CCN(CCO)c1cccc(F)c1[C@@H](C)N. The van der Waals surface area contributed by atoms with Crippen LogP contribution in [-0.4, -0.2) is 24.8 Å². The van der Waals surface area contributed by atoms with E-state index in [1.165, 1.54) is 6.07 Å². The Morgan fingerprint density at radius 1 is 1.50 bits per heavy atom. The van der Waals surface area contributed by atoms with Gasteiger partial charge in [0.15, 0.2) is 0 Å². The largest absolute Gasteiger partial charge is 0.395 e. The summed E-state index contributed by atoms with van der Waals surface area (Å²) in [5.41, 5.74) is 7.06. The summed E-state index contributed by atoms with van der Waals surface area (Å²) in [6, 6.07) is 4.55. The smallest absolute Gasteiger partial charge is 0.130 e. The highest BCUT2D eigenvalue weighted by atomic mass is 19.1. The predicted molar refractivity (Wildman–Crippen MR) is 64.0 cm³/mol. The second kappa shape index (κ2) is 5.82. The summed E-state index contributed by atoms with van der Waals surface area (Å²) < 4.78 is 13.7. The zero-order valence-corrected chi connectivity index (χ0v) is 9.78. The minimum atomic E-state index is -0.357. The summed E-state index contributed by atoms with van der Waals surface area (Å²) >= 11 is 0. The van der Waals surface area contributed by atoms with Gasteiger partial charge >= 0.3 is 0 Å². The molecule has 0 saturated carbocycles. The second-order valence-electron chi connectivity index (χ2n) is 3.76. The van der Waals surface area contributed by atoms with E-state index >= 15 is 0 Å². The lowest BCUT2D eigenvalue weighted by Crippen LogP contribution is -2.28. The van der Waals surface area contributed by atoms with Crippen LogP contribution in [0.2, 0.25) is 0 Å². The standard InChI is InChI=1S/C12H19FN2O/c1-3-15(7-8-16)11-6-4-5-10(13)12(11)9(2)14/h4-6,9,16H,3,7-8,14H2,1-2H3/t9-/m1/s1. The fraction of sp³-hybridized carbons (Fsp3) is 0.500. The predicted octanol–water partition coefficient (Wildman–Crippen LogP) is 1.66. The van der Waals surface area contributed by atoms with Crippen molar-refractivity contribution in [2.45, 2.75) is 19.9 Å². The first-order chi connectivity index (χ1) is 7.61. The number of benzene rings is 1. The molecule has 0 aliphatic heterocycles. The number of likely N-dealkylation sites (N-methyl/N-ethyl adjacent to an activating group) is 1. The highest BCUT2D eigenvalue weighted by molar-refractivity contribution is 5.55. The van der Waals surface area contributed by atoms with Gasteiger partial charge in [-0.1, -0.05) is 6.07 Å². The third-order valence-electron chi connectivity index (χ3n) is 2.58. The number of halogens is 1. The van der Waals surface area contributed by atoms with Gasteiger partial charge in [0.2, 0.25) is 0 Å². The Kier molecular flexibility index (Phi) is 4.71. The second-order valence-corrected chi connectivity index (χ2v) is 3.76. The summed E-state index contributed by atoms with van der Waals surface area (Å²) in [6.45, 7) is 4.96. The van der Waals surface area contributed by atoms with Crippen molar-refractivity contribution in [2.24, 2.45) is 5.73 Å². The van der Waals surface area contributed by atoms with Gasteiger partial charge in [-0.2, -0.15) is 0 Å². The van der Waals surface area contributed by atoms with Gasteiger partial charge < -0.3 is 15.7 Å². The molecule has 3 N–H and O–H groups in total. The first-order valence-corrected chi connectivity index (χ1v) is 5.51. The lowest BCUT2D eigenvalue weighted by molar-refractivity contribution is 0.302. The Morgan fingerprint density at radius 3 is 2.69 bits per heavy atom. The Hall–Kier alpha value is -1.13. The summed E-state index contributed by atoms with van der Waals surface area (Å²) in [6.07, 6.45) is 0. The third-order valence-corrected chi connectivity index (χ3v) is 2.58. The molecular weight excluding hydrogens is 207 g/mol. The number of aliphatic hydroxyl groups is 1.